The fraction of sp³-hybridized carbons (Fsp3) is 0.333. The number of rotatable bonds is 3. The molecule has 4 nitrogen and oxygen atoms in total. The van der Waals surface area contributed by atoms with Crippen molar-refractivity contribution in [2.75, 3.05) is 0 Å². The highest BCUT2D eigenvalue weighted by Crippen LogP contribution is 2.25. The zero-order valence-corrected chi connectivity index (χ0v) is 11.4. The normalized spacial score (nSPS) is 10.7. The Labute approximate surface area is 112 Å². The van der Waals surface area contributed by atoms with Crippen molar-refractivity contribution in [2.45, 2.75) is 33.2 Å². The van der Waals surface area contributed by atoms with Crippen molar-refractivity contribution in [2.24, 2.45) is 0 Å². The molecule has 98 valence electrons. The van der Waals surface area contributed by atoms with Gasteiger partial charge in [-0.3, -0.25) is 4.79 Å². The van der Waals surface area contributed by atoms with Crippen molar-refractivity contribution in [3.05, 3.63) is 35.0 Å². The minimum Gasteiger partial charge on any atom is -0.357 e. The number of amides is 1. The van der Waals surface area contributed by atoms with Crippen LogP contribution in [0.3, 0.4) is 0 Å². The van der Waals surface area contributed by atoms with Crippen LogP contribution in [0.25, 0.3) is 10.9 Å². The Balaban J connectivity index is 2.43. The van der Waals surface area contributed by atoms with Gasteiger partial charge in [-0.25, -0.2) is 0 Å². The predicted octanol–water partition coefficient (Wildman–Crippen LogP) is 2.80. The highest BCUT2D eigenvalue weighted by atomic mass is 16.1. The molecule has 0 bridgehead atoms. The van der Waals surface area contributed by atoms with E-state index in [0.29, 0.717) is 18.0 Å². The van der Waals surface area contributed by atoms with Crippen molar-refractivity contribution in [1.29, 1.82) is 5.26 Å². The number of carbonyl (C=O) groups excluding carboxylic acids is 1. The molecule has 0 fully saturated rings. The molecular formula is C15H17N3O. The van der Waals surface area contributed by atoms with Gasteiger partial charge in [-0.1, -0.05) is 13.8 Å². The van der Waals surface area contributed by atoms with Gasteiger partial charge in [0.25, 0.3) is 0 Å². The number of hydrogen-bond donors (Lipinski definition) is 2. The second kappa shape index (κ2) is 5.15. The summed E-state index contributed by atoms with van der Waals surface area (Å²) < 4.78 is 0. The summed E-state index contributed by atoms with van der Waals surface area (Å²) in [7, 11) is 0. The van der Waals surface area contributed by atoms with E-state index in [1.165, 1.54) is 6.92 Å². The number of H-pyrrole nitrogens is 1. The van der Waals surface area contributed by atoms with Gasteiger partial charge in [0, 0.05) is 23.5 Å². The Morgan fingerprint density at radius 1 is 1.42 bits per heavy atom. The van der Waals surface area contributed by atoms with E-state index in [4.69, 9.17) is 0 Å². The Kier molecular flexibility index (Phi) is 3.57. The molecule has 0 spiro atoms. The van der Waals surface area contributed by atoms with E-state index < -0.39 is 0 Å². The zero-order chi connectivity index (χ0) is 14.0. The first-order chi connectivity index (χ1) is 9.01. The number of aromatic nitrogens is 1. The minimum atomic E-state index is -0.0563. The van der Waals surface area contributed by atoms with E-state index in [2.05, 4.69) is 30.2 Å². The zero-order valence-electron chi connectivity index (χ0n) is 11.4. The van der Waals surface area contributed by atoms with Crippen LogP contribution < -0.4 is 5.32 Å². The molecule has 1 heterocycles. The number of hydrogen-bond acceptors (Lipinski definition) is 2. The fourth-order valence-electron chi connectivity index (χ4n) is 2.15. The van der Waals surface area contributed by atoms with Crippen molar-refractivity contribution in [3.8, 4) is 6.07 Å². The SMILES string of the molecule is CC(=O)NCc1cc2cc(C#N)c(C(C)C)cc2[nH]1. The molecule has 0 aliphatic heterocycles. The Morgan fingerprint density at radius 3 is 2.74 bits per heavy atom. The molecule has 0 aliphatic rings. The molecule has 2 N–H and O–H groups in total. The summed E-state index contributed by atoms with van der Waals surface area (Å²) in [4.78, 5) is 14.2. The number of benzene rings is 1. The van der Waals surface area contributed by atoms with Crippen LogP contribution in [0.15, 0.2) is 18.2 Å². The van der Waals surface area contributed by atoms with Gasteiger partial charge in [0.2, 0.25) is 5.91 Å². The van der Waals surface area contributed by atoms with Gasteiger partial charge in [0.15, 0.2) is 0 Å². The van der Waals surface area contributed by atoms with E-state index in [1.807, 2.05) is 18.2 Å². The van der Waals surface area contributed by atoms with E-state index in [0.717, 1.165) is 22.2 Å². The number of nitrogens with one attached hydrogen (secondary N) is 2. The van der Waals surface area contributed by atoms with Crippen LogP contribution in [0.4, 0.5) is 0 Å². The minimum absolute atomic E-state index is 0.0563. The quantitative estimate of drug-likeness (QED) is 0.885. The standard InChI is InChI=1S/C15H17N3O/c1-9(2)14-6-15-11(4-12(14)7-16)5-13(18-15)8-17-10(3)19/h4-6,9,18H,8H2,1-3H3,(H,17,19). The Bertz CT molecular complexity index is 662. The third-order valence-corrected chi connectivity index (χ3v) is 3.12. The van der Waals surface area contributed by atoms with Crippen molar-refractivity contribution in [3.63, 3.8) is 0 Å². The van der Waals surface area contributed by atoms with Crippen LogP contribution in [0.5, 0.6) is 0 Å². The molecule has 0 saturated heterocycles. The summed E-state index contributed by atoms with van der Waals surface area (Å²) in [6, 6.07) is 8.14. The van der Waals surface area contributed by atoms with Crippen LogP contribution in [-0.2, 0) is 11.3 Å². The molecule has 0 unspecified atom stereocenters. The van der Waals surface area contributed by atoms with Crippen LogP contribution in [0.2, 0.25) is 0 Å². The molecule has 4 heteroatoms. The lowest BCUT2D eigenvalue weighted by molar-refractivity contribution is -0.119. The Morgan fingerprint density at radius 2 is 2.16 bits per heavy atom. The summed E-state index contributed by atoms with van der Waals surface area (Å²) in [5.41, 5.74) is 3.70. The molecule has 2 aromatic rings. The lowest BCUT2D eigenvalue weighted by atomic mass is 9.96. The summed E-state index contributed by atoms with van der Waals surface area (Å²) >= 11 is 0. The lowest BCUT2D eigenvalue weighted by Gasteiger charge is -2.07. The summed E-state index contributed by atoms with van der Waals surface area (Å²) in [6.07, 6.45) is 0. The highest BCUT2D eigenvalue weighted by molar-refractivity contribution is 5.83. The lowest BCUT2D eigenvalue weighted by Crippen LogP contribution is -2.18. The van der Waals surface area contributed by atoms with Crippen molar-refractivity contribution >= 4 is 16.8 Å². The first-order valence-corrected chi connectivity index (χ1v) is 6.31. The summed E-state index contributed by atoms with van der Waals surface area (Å²) in [5, 5.41) is 12.9. The van der Waals surface area contributed by atoms with Crippen LogP contribution in [0.1, 0.15) is 43.5 Å². The molecule has 2 rings (SSSR count). The molecule has 0 aliphatic carbocycles. The monoisotopic (exact) mass is 255 g/mol. The molecular weight excluding hydrogens is 238 g/mol. The fourth-order valence-corrected chi connectivity index (χ4v) is 2.15. The molecule has 0 atom stereocenters. The van der Waals surface area contributed by atoms with Gasteiger partial charge < -0.3 is 10.3 Å². The summed E-state index contributed by atoms with van der Waals surface area (Å²) in [5.74, 6) is 0.250. The van der Waals surface area contributed by atoms with Crippen LogP contribution in [-0.4, -0.2) is 10.9 Å². The maximum Gasteiger partial charge on any atom is 0.217 e. The van der Waals surface area contributed by atoms with Gasteiger partial charge in [-0.05, 0) is 29.7 Å². The van der Waals surface area contributed by atoms with E-state index in [-0.39, 0.29) is 5.91 Å². The number of aromatic amines is 1. The highest BCUT2D eigenvalue weighted by Gasteiger charge is 2.10. The summed E-state index contributed by atoms with van der Waals surface area (Å²) in [6.45, 7) is 6.11. The third kappa shape index (κ3) is 2.76. The number of carbonyl (C=O) groups is 1. The maximum absolute atomic E-state index is 10.9. The van der Waals surface area contributed by atoms with Crippen molar-refractivity contribution in [1.82, 2.24) is 10.3 Å². The largest absolute Gasteiger partial charge is 0.357 e. The first kappa shape index (κ1) is 13.2. The van der Waals surface area contributed by atoms with Gasteiger partial charge in [-0.2, -0.15) is 5.26 Å². The molecule has 1 aromatic carbocycles. The second-order valence-corrected chi connectivity index (χ2v) is 5.00. The van der Waals surface area contributed by atoms with Gasteiger partial charge >= 0.3 is 0 Å². The number of nitrogens with zero attached hydrogens (tertiary/aromatic N) is 1. The molecule has 0 radical (unpaired) electrons. The first-order valence-electron chi connectivity index (χ1n) is 6.31. The predicted molar refractivity (Wildman–Crippen MR) is 74.6 cm³/mol. The molecule has 19 heavy (non-hydrogen) atoms. The van der Waals surface area contributed by atoms with Crippen LogP contribution >= 0.6 is 0 Å². The molecule has 1 aromatic heterocycles. The smallest absolute Gasteiger partial charge is 0.217 e. The third-order valence-electron chi connectivity index (χ3n) is 3.12. The van der Waals surface area contributed by atoms with Gasteiger partial charge in [-0.15, -0.1) is 0 Å². The topological polar surface area (TPSA) is 68.7 Å². The van der Waals surface area contributed by atoms with E-state index in [9.17, 15) is 10.1 Å². The average molecular weight is 255 g/mol. The maximum atomic E-state index is 10.9. The van der Waals surface area contributed by atoms with Gasteiger partial charge in [0.1, 0.15) is 0 Å². The van der Waals surface area contributed by atoms with Crippen LogP contribution in [0, 0.1) is 11.3 Å². The van der Waals surface area contributed by atoms with E-state index in [1.54, 1.807) is 0 Å². The number of nitriles is 1. The average Bonchev–Trinajstić information content (AvgIpc) is 2.76. The Hall–Kier alpha value is -2.28. The second-order valence-electron chi connectivity index (χ2n) is 5.00. The number of fused-ring (bicyclic) bond motifs is 1. The molecule has 1 amide bonds. The molecule has 0 saturated carbocycles. The van der Waals surface area contributed by atoms with Gasteiger partial charge in [0.05, 0.1) is 18.2 Å². The van der Waals surface area contributed by atoms with E-state index >= 15 is 0 Å². The van der Waals surface area contributed by atoms with Crippen molar-refractivity contribution < 1.29 is 4.79 Å².